The lowest BCUT2D eigenvalue weighted by atomic mass is 9.91. The number of aliphatic hydroxyl groups is 1. The van der Waals surface area contributed by atoms with E-state index in [0.29, 0.717) is 5.52 Å². The van der Waals surface area contributed by atoms with Crippen molar-refractivity contribution in [3.05, 3.63) is 24.2 Å². The van der Waals surface area contributed by atoms with Crippen LogP contribution in [0.1, 0.15) is 33.4 Å². The zero-order valence-electron chi connectivity index (χ0n) is 20.0. The summed E-state index contributed by atoms with van der Waals surface area (Å²) in [4.78, 5) is 29.6. The highest BCUT2D eigenvalue weighted by molar-refractivity contribution is 5.77. The second-order valence-electron chi connectivity index (χ2n) is 9.15. The summed E-state index contributed by atoms with van der Waals surface area (Å²) in [6, 6.07) is 3.08. The van der Waals surface area contributed by atoms with Gasteiger partial charge in [0.05, 0.1) is 12.3 Å². The second-order valence-corrected chi connectivity index (χ2v) is 9.15. The molecule has 0 radical (unpaired) electrons. The van der Waals surface area contributed by atoms with Gasteiger partial charge >= 0.3 is 11.9 Å². The maximum Gasteiger partial charge on any atom is 0.323 e. The molecule has 6 atom stereocenters. The maximum atomic E-state index is 12.9. The lowest BCUT2D eigenvalue weighted by Crippen LogP contribution is -2.51. The molecule has 0 amide bonds. The summed E-state index contributed by atoms with van der Waals surface area (Å²) in [5.74, 6) is -2.05. The Morgan fingerprint density at radius 1 is 1.20 bits per heavy atom. The number of nitrogens with two attached hydrogens (primary N) is 3. The van der Waals surface area contributed by atoms with Crippen LogP contribution in [0.3, 0.4) is 0 Å². The van der Waals surface area contributed by atoms with E-state index in [9.17, 15) is 20.0 Å². The number of aromatic nitrogens is 3. The van der Waals surface area contributed by atoms with E-state index >= 15 is 0 Å². The molecule has 190 valence electrons. The fraction of sp³-hybridized carbons (Fsp3) is 0.591. The third-order valence-electron chi connectivity index (χ3n) is 6.09. The van der Waals surface area contributed by atoms with Crippen LogP contribution >= 0.6 is 0 Å². The Bertz CT molecular complexity index is 1130. The van der Waals surface area contributed by atoms with Gasteiger partial charge in [-0.05, 0) is 24.0 Å². The van der Waals surface area contributed by atoms with Crippen LogP contribution in [0.15, 0.2) is 18.5 Å². The first-order chi connectivity index (χ1) is 16.5. The number of esters is 2. The smallest absolute Gasteiger partial charge is 0.323 e. The van der Waals surface area contributed by atoms with Crippen molar-refractivity contribution < 1.29 is 28.9 Å². The van der Waals surface area contributed by atoms with E-state index in [0.717, 1.165) is 0 Å². The minimum atomic E-state index is -2.04. The lowest BCUT2D eigenvalue weighted by Gasteiger charge is -2.30. The molecule has 13 heteroatoms. The summed E-state index contributed by atoms with van der Waals surface area (Å²) in [6.45, 7) is 6.27. The van der Waals surface area contributed by atoms with Crippen LogP contribution in [-0.4, -0.2) is 68.6 Å². The Balaban J connectivity index is 2.15. The molecule has 7 N–H and O–H groups in total. The van der Waals surface area contributed by atoms with Gasteiger partial charge in [0.2, 0.25) is 5.60 Å². The Labute approximate surface area is 202 Å². The predicted molar refractivity (Wildman–Crippen MR) is 122 cm³/mol. The standard InChI is InChI=1S/C22H31N7O6/c1-10(2)15(24)20(31)33-17-13(7-30)35-22(8-23,18(17)34-21(32)16(25)11(3)4)14-6-5-12-19(26)27-9-28-29(12)14/h5-6,9-11,13,15-18,30H,7,24-25H2,1-4H3,(H2,26,27,28). The normalized spacial score (nSPS) is 26.0. The highest BCUT2D eigenvalue weighted by atomic mass is 16.6. The minimum absolute atomic E-state index is 0.130. The van der Waals surface area contributed by atoms with Gasteiger partial charge in [0, 0.05) is 0 Å². The first-order valence-electron chi connectivity index (χ1n) is 11.2. The molecule has 1 aliphatic heterocycles. The Morgan fingerprint density at radius 2 is 1.80 bits per heavy atom. The van der Waals surface area contributed by atoms with E-state index in [-0.39, 0.29) is 23.3 Å². The van der Waals surface area contributed by atoms with Crippen LogP contribution in [0.2, 0.25) is 0 Å². The van der Waals surface area contributed by atoms with E-state index in [2.05, 4.69) is 10.1 Å². The van der Waals surface area contributed by atoms with Crippen LogP contribution < -0.4 is 17.2 Å². The number of nitriles is 1. The van der Waals surface area contributed by atoms with Crippen LogP contribution in [0.25, 0.3) is 5.52 Å². The zero-order valence-corrected chi connectivity index (χ0v) is 20.0. The molecule has 0 spiro atoms. The highest BCUT2D eigenvalue weighted by Gasteiger charge is 2.62. The van der Waals surface area contributed by atoms with Crippen LogP contribution in [0.4, 0.5) is 5.82 Å². The number of hydrogen-bond donors (Lipinski definition) is 4. The van der Waals surface area contributed by atoms with Crippen molar-refractivity contribution in [1.82, 2.24) is 14.6 Å². The molecule has 3 rings (SSSR count). The Kier molecular flexibility index (Phi) is 7.61. The highest BCUT2D eigenvalue weighted by Crippen LogP contribution is 2.43. The summed E-state index contributed by atoms with van der Waals surface area (Å²) < 4.78 is 18.6. The quantitative estimate of drug-likeness (QED) is 0.336. The summed E-state index contributed by atoms with van der Waals surface area (Å²) in [5, 5.41) is 24.6. The molecule has 2 aromatic rings. The first kappa shape index (κ1) is 26.3. The third-order valence-corrected chi connectivity index (χ3v) is 6.09. The molecule has 1 fully saturated rings. The van der Waals surface area contributed by atoms with Gasteiger partial charge in [-0.25, -0.2) is 9.50 Å². The van der Waals surface area contributed by atoms with Crippen molar-refractivity contribution in [2.24, 2.45) is 23.3 Å². The number of ether oxygens (including phenoxy) is 3. The molecule has 1 saturated heterocycles. The SMILES string of the molecule is CC(C)C(N)C(=O)OC1C(CO)OC(C#N)(c2ccc3c(N)ncnn23)C1OC(=O)C(N)C(C)C. The van der Waals surface area contributed by atoms with Crippen LogP contribution in [0.5, 0.6) is 0 Å². The van der Waals surface area contributed by atoms with Gasteiger partial charge in [-0.2, -0.15) is 10.4 Å². The van der Waals surface area contributed by atoms with E-state index < -0.39 is 54.5 Å². The molecule has 0 aromatic carbocycles. The van der Waals surface area contributed by atoms with Crippen molar-refractivity contribution in [2.45, 2.75) is 63.7 Å². The largest absolute Gasteiger partial charge is 0.454 e. The molecule has 35 heavy (non-hydrogen) atoms. The number of hydrogen-bond acceptors (Lipinski definition) is 12. The number of nitrogens with zero attached hydrogens (tertiary/aromatic N) is 4. The zero-order chi connectivity index (χ0) is 26.1. The summed E-state index contributed by atoms with van der Waals surface area (Å²) in [5.41, 5.74) is 16.3. The molecule has 1 aliphatic rings. The molecule has 0 saturated carbocycles. The van der Waals surface area contributed by atoms with Crippen molar-refractivity contribution in [1.29, 1.82) is 5.26 Å². The molecule has 0 bridgehead atoms. The van der Waals surface area contributed by atoms with Gasteiger partial charge in [0.1, 0.15) is 36.1 Å². The van der Waals surface area contributed by atoms with E-state index in [1.165, 1.54) is 16.9 Å². The first-order valence-corrected chi connectivity index (χ1v) is 11.2. The van der Waals surface area contributed by atoms with Crippen molar-refractivity contribution in [2.75, 3.05) is 12.3 Å². The van der Waals surface area contributed by atoms with Gasteiger partial charge in [0.15, 0.2) is 18.0 Å². The number of carbonyl (C=O) groups excluding carboxylic acids is 2. The third kappa shape index (κ3) is 4.65. The summed E-state index contributed by atoms with van der Waals surface area (Å²) in [6.07, 6.45) is -2.93. The van der Waals surface area contributed by atoms with Gasteiger partial charge in [-0.1, -0.05) is 27.7 Å². The van der Waals surface area contributed by atoms with Crippen molar-refractivity contribution >= 4 is 23.3 Å². The summed E-state index contributed by atoms with van der Waals surface area (Å²) in [7, 11) is 0. The molecule has 2 aromatic heterocycles. The minimum Gasteiger partial charge on any atom is -0.454 e. The van der Waals surface area contributed by atoms with Crippen LogP contribution in [-0.2, 0) is 29.4 Å². The van der Waals surface area contributed by atoms with Gasteiger partial charge in [-0.15, -0.1) is 0 Å². The predicted octanol–water partition coefficient (Wildman–Crippen LogP) is -0.788. The molecular weight excluding hydrogens is 458 g/mol. The monoisotopic (exact) mass is 489 g/mol. The van der Waals surface area contributed by atoms with E-state index in [4.69, 9.17) is 31.4 Å². The number of rotatable bonds is 8. The number of aliphatic hydroxyl groups excluding tert-OH is 1. The molecule has 3 heterocycles. The van der Waals surface area contributed by atoms with Crippen LogP contribution in [0, 0.1) is 23.2 Å². The fourth-order valence-corrected chi connectivity index (χ4v) is 3.78. The maximum absolute atomic E-state index is 12.9. The van der Waals surface area contributed by atoms with E-state index in [1.54, 1.807) is 33.8 Å². The second kappa shape index (κ2) is 10.1. The average molecular weight is 490 g/mol. The number of anilines is 1. The number of nitrogen functional groups attached to an aromatic ring is 1. The Morgan fingerprint density at radius 3 is 2.34 bits per heavy atom. The number of carbonyl (C=O) groups is 2. The van der Waals surface area contributed by atoms with Crippen molar-refractivity contribution in [3.8, 4) is 6.07 Å². The van der Waals surface area contributed by atoms with Gasteiger partial charge in [0.25, 0.3) is 0 Å². The topological polar surface area (TPSA) is 214 Å². The lowest BCUT2D eigenvalue weighted by molar-refractivity contribution is -0.172. The molecule has 6 unspecified atom stereocenters. The van der Waals surface area contributed by atoms with E-state index in [1.807, 2.05) is 6.07 Å². The van der Waals surface area contributed by atoms with Gasteiger partial charge in [-0.3, -0.25) is 9.59 Å². The Hall–Kier alpha value is -3.31. The molecular formula is C22H31N7O6. The molecule has 13 nitrogen and oxygen atoms in total. The van der Waals surface area contributed by atoms with Crippen molar-refractivity contribution in [3.63, 3.8) is 0 Å². The summed E-state index contributed by atoms with van der Waals surface area (Å²) >= 11 is 0. The average Bonchev–Trinajstić information content (AvgIpc) is 3.39. The number of fused-ring (bicyclic) bond motifs is 1. The fourth-order valence-electron chi connectivity index (χ4n) is 3.78. The van der Waals surface area contributed by atoms with Gasteiger partial charge < -0.3 is 36.5 Å². The molecule has 0 aliphatic carbocycles.